The van der Waals surface area contributed by atoms with E-state index in [0.717, 1.165) is 18.2 Å². The summed E-state index contributed by atoms with van der Waals surface area (Å²) in [7, 11) is -3.98. The number of halogens is 2. The van der Waals surface area contributed by atoms with Crippen molar-refractivity contribution in [3.05, 3.63) is 46.8 Å². The molecule has 0 saturated carbocycles. The average Bonchev–Trinajstić information content (AvgIpc) is 2.62. The van der Waals surface area contributed by atoms with E-state index in [4.69, 9.17) is 4.74 Å². The van der Waals surface area contributed by atoms with E-state index in [1.54, 1.807) is 13.8 Å². The van der Waals surface area contributed by atoms with Crippen molar-refractivity contribution in [2.45, 2.75) is 19.6 Å². The Kier molecular flexibility index (Phi) is 5.56. The summed E-state index contributed by atoms with van der Waals surface area (Å²) in [4.78, 5) is 10.7. The molecule has 0 unspecified atom stereocenters. The molecule has 10 heteroatoms. The van der Waals surface area contributed by atoms with E-state index in [9.17, 15) is 17.2 Å². The molecule has 0 atom stereocenters. The highest BCUT2D eigenvalue weighted by Gasteiger charge is 2.21. The van der Waals surface area contributed by atoms with Gasteiger partial charge in [0, 0.05) is 18.7 Å². The van der Waals surface area contributed by atoms with E-state index >= 15 is 0 Å². The quantitative estimate of drug-likeness (QED) is 0.831. The number of anilines is 2. The Morgan fingerprint density at radius 1 is 1.15 bits per heavy atom. The molecule has 146 valence electrons. The van der Waals surface area contributed by atoms with Crippen molar-refractivity contribution in [3.63, 3.8) is 0 Å². The lowest BCUT2D eigenvalue weighted by molar-refractivity contribution is 0.122. The zero-order chi connectivity index (χ0) is 19.6. The van der Waals surface area contributed by atoms with Gasteiger partial charge in [0.15, 0.2) is 0 Å². The van der Waals surface area contributed by atoms with Crippen LogP contribution in [-0.4, -0.2) is 44.7 Å². The monoisotopic (exact) mass is 398 g/mol. The number of morpholine rings is 1. The van der Waals surface area contributed by atoms with Crippen molar-refractivity contribution in [2.24, 2.45) is 0 Å². The second-order valence-electron chi connectivity index (χ2n) is 6.27. The zero-order valence-electron chi connectivity index (χ0n) is 15.0. The van der Waals surface area contributed by atoms with E-state index in [1.807, 2.05) is 4.90 Å². The maximum atomic E-state index is 13.8. The lowest BCUT2D eigenvalue weighted by Crippen LogP contribution is -2.37. The molecular weight excluding hydrogens is 378 g/mol. The Morgan fingerprint density at radius 2 is 1.78 bits per heavy atom. The molecule has 1 N–H and O–H groups in total. The number of nitrogens with zero attached hydrogens (tertiary/aromatic N) is 3. The van der Waals surface area contributed by atoms with Crippen molar-refractivity contribution in [2.75, 3.05) is 35.9 Å². The summed E-state index contributed by atoms with van der Waals surface area (Å²) in [5.74, 6) is -1.67. The summed E-state index contributed by atoms with van der Waals surface area (Å²) in [6, 6.07) is 2.70. The first-order valence-electron chi connectivity index (χ1n) is 8.37. The van der Waals surface area contributed by atoms with Gasteiger partial charge in [-0.2, -0.15) is 0 Å². The van der Waals surface area contributed by atoms with Crippen molar-refractivity contribution < 1.29 is 21.9 Å². The number of nitrogens with one attached hydrogen (secondary N) is 1. The third-order valence-corrected chi connectivity index (χ3v) is 5.37. The molecule has 0 bridgehead atoms. The topological polar surface area (TPSA) is 84.4 Å². The molecule has 0 aliphatic carbocycles. The molecule has 2 aromatic rings. The molecule has 2 heterocycles. The normalized spacial score (nSPS) is 15.0. The fourth-order valence-electron chi connectivity index (χ4n) is 2.80. The highest BCUT2D eigenvalue weighted by molar-refractivity contribution is 7.91. The fraction of sp³-hybridized carbons (Fsp3) is 0.412. The van der Waals surface area contributed by atoms with E-state index in [2.05, 4.69) is 14.7 Å². The molecule has 1 aliphatic heterocycles. The molecule has 7 nitrogen and oxygen atoms in total. The Labute approximate surface area is 156 Å². The van der Waals surface area contributed by atoms with Crippen LogP contribution in [0, 0.1) is 25.5 Å². The molecule has 0 amide bonds. The third kappa shape index (κ3) is 4.69. The Hall–Kier alpha value is -2.33. The van der Waals surface area contributed by atoms with Crippen LogP contribution < -0.4 is 9.62 Å². The average molecular weight is 398 g/mol. The highest BCUT2D eigenvalue weighted by atomic mass is 32.2. The molecule has 3 rings (SSSR count). The third-order valence-electron chi connectivity index (χ3n) is 4.16. The van der Waals surface area contributed by atoms with E-state index in [-0.39, 0.29) is 11.3 Å². The minimum absolute atomic E-state index is 0.240. The van der Waals surface area contributed by atoms with Gasteiger partial charge in [0.25, 0.3) is 0 Å². The van der Waals surface area contributed by atoms with Crippen LogP contribution in [0.25, 0.3) is 0 Å². The van der Waals surface area contributed by atoms with Crippen LogP contribution in [0.15, 0.2) is 18.2 Å². The zero-order valence-corrected chi connectivity index (χ0v) is 15.8. The van der Waals surface area contributed by atoms with Gasteiger partial charge in [0.05, 0.1) is 36.0 Å². The van der Waals surface area contributed by atoms with Crippen molar-refractivity contribution in [1.29, 1.82) is 0 Å². The fourth-order valence-corrected chi connectivity index (χ4v) is 4.11. The van der Waals surface area contributed by atoms with Gasteiger partial charge < -0.3 is 9.64 Å². The van der Waals surface area contributed by atoms with Gasteiger partial charge in [-0.25, -0.2) is 27.2 Å². The summed E-state index contributed by atoms with van der Waals surface area (Å²) in [6.07, 6.45) is 0. The lowest BCUT2D eigenvalue weighted by Gasteiger charge is -2.27. The van der Waals surface area contributed by atoms with Gasteiger partial charge in [0.2, 0.25) is 16.0 Å². The molecule has 0 spiro atoms. The summed E-state index contributed by atoms with van der Waals surface area (Å²) in [5.41, 5.74) is 0.895. The molecule has 0 radical (unpaired) electrons. The Balaban J connectivity index is 1.82. The second kappa shape index (κ2) is 7.73. The molecular formula is C17H20F2N4O3S. The number of aromatic nitrogens is 2. The molecule has 1 aliphatic rings. The van der Waals surface area contributed by atoms with E-state index in [0.29, 0.717) is 43.6 Å². The van der Waals surface area contributed by atoms with Crippen molar-refractivity contribution in [1.82, 2.24) is 9.97 Å². The van der Waals surface area contributed by atoms with Crippen LogP contribution in [0.1, 0.15) is 17.0 Å². The molecule has 1 aromatic heterocycles. The van der Waals surface area contributed by atoms with E-state index in [1.165, 1.54) is 0 Å². The van der Waals surface area contributed by atoms with Crippen LogP contribution in [0.5, 0.6) is 0 Å². The largest absolute Gasteiger partial charge is 0.378 e. The Bertz CT molecular complexity index is 924. The standard InChI is InChI=1S/C17H20F2N4O3S/c1-11-16(12(2)21-17(20-11)23-5-7-26-8-6-23)22-27(24,25)10-13-9-14(18)3-4-15(13)19/h3-4,9,22H,5-8,10H2,1-2H3. The first-order chi connectivity index (χ1) is 12.7. The van der Waals surface area contributed by atoms with Crippen molar-refractivity contribution >= 4 is 21.7 Å². The number of benzene rings is 1. The number of aryl methyl sites for hydroxylation is 2. The van der Waals surface area contributed by atoms with Gasteiger partial charge in [-0.15, -0.1) is 0 Å². The predicted molar refractivity (Wildman–Crippen MR) is 97.1 cm³/mol. The maximum absolute atomic E-state index is 13.8. The van der Waals surface area contributed by atoms with Crippen molar-refractivity contribution in [3.8, 4) is 0 Å². The first-order valence-corrected chi connectivity index (χ1v) is 10.0. The molecule has 27 heavy (non-hydrogen) atoms. The minimum Gasteiger partial charge on any atom is -0.378 e. The summed E-state index contributed by atoms with van der Waals surface area (Å²) < 4.78 is 59.6. The predicted octanol–water partition coefficient (Wildman–Crippen LogP) is 2.15. The van der Waals surface area contributed by atoms with Gasteiger partial charge >= 0.3 is 0 Å². The van der Waals surface area contributed by atoms with Gasteiger partial charge in [-0.05, 0) is 32.0 Å². The van der Waals surface area contributed by atoms with Crippen LogP contribution in [0.3, 0.4) is 0 Å². The highest BCUT2D eigenvalue weighted by Crippen LogP contribution is 2.23. The van der Waals surface area contributed by atoms with Crippen LogP contribution in [-0.2, 0) is 20.5 Å². The van der Waals surface area contributed by atoms with Gasteiger partial charge in [-0.1, -0.05) is 0 Å². The lowest BCUT2D eigenvalue weighted by atomic mass is 10.2. The van der Waals surface area contributed by atoms with Crippen LogP contribution in [0.2, 0.25) is 0 Å². The SMILES string of the molecule is Cc1nc(N2CCOCC2)nc(C)c1NS(=O)(=O)Cc1cc(F)ccc1F. The molecule has 1 aromatic carbocycles. The number of rotatable bonds is 5. The summed E-state index contributed by atoms with van der Waals surface area (Å²) in [6.45, 7) is 5.80. The minimum atomic E-state index is -3.98. The number of ether oxygens (including phenoxy) is 1. The number of sulfonamides is 1. The number of hydrogen-bond acceptors (Lipinski definition) is 6. The summed E-state index contributed by atoms with van der Waals surface area (Å²) >= 11 is 0. The number of hydrogen-bond donors (Lipinski definition) is 1. The van der Waals surface area contributed by atoms with Crippen LogP contribution >= 0.6 is 0 Å². The molecule has 1 saturated heterocycles. The van der Waals surface area contributed by atoms with Gasteiger partial charge in [-0.3, -0.25) is 4.72 Å². The smallest absolute Gasteiger partial charge is 0.237 e. The Morgan fingerprint density at radius 3 is 2.41 bits per heavy atom. The second-order valence-corrected chi connectivity index (χ2v) is 7.99. The maximum Gasteiger partial charge on any atom is 0.237 e. The molecule has 1 fully saturated rings. The van der Waals surface area contributed by atoms with Crippen LogP contribution in [0.4, 0.5) is 20.4 Å². The first kappa shape index (κ1) is 19.4. The van der Waals surface area contributed by atoms with Gasteiger partial charge in [0.1, 0.15) is 11.6 Å². The van der Waals surface area contributed by atoms with E-state index < -0.39 is 27.4 Å². The summed E-state index contributed by atoms with van der Waals surface area (Å²) in [5, 5.41) is 0.